The number of ether oxygens (including phenoxy) is 1. The minimum atomic E-state index is -0.0188. The molecule has 2 N–H and O–H groups in total. The lowest BCUT2D eigenvalue weighted by molar-refractivity contribution is -0.136. The first kappa shape index (κ1) is 21.3. The highest BCUT2D eigenvalue weighted by atomic mass is 35.5. The van der Waals surface area contributed by atoms with Gasteiger partial charge in [-0.2, -0.15) is 0 Å². The van der Waals surface area contributed by atoms with Crippen molar-refractivity contribution in [3.8, 4) is 0 Å². The van der Waals surface area contributed by atoms with Crippen molar-refractivity contribution in [1.29, 1.82) is 0 Å². The highest BCUT2D eigenvalue weighted by Crippen LogP contribution is 2.17. The topological polar surface area (TPSA) is 73.9 Å². The number of urea groups is 1. The lowest BCUT2D eigenvalue weighted by Gasteiger charge is -2.34. The molecule has 3 rings (SSSR count). The molecular weight excluding hydrogens is 356 g/mol. The van der Waals surface area contributed by atoms with E-state index in [0.717, 1.165) is 38.8 Å². The molecule has 3 amide bonds. The van der Waals surface area contributed by atoms with Gasteiger partial charge in [0.1, 0.15) is 0 Å². The van der Waals surface area contributed by atoms with E-state index in [-0.39, 0.29) is 30.4 Å². The maximum absolute atomic E-state index is 12.3. The zero-order chi connectivity index (χ0) is 17.5. The third kappa shape index (κ3) is 6.59. The molecule has 3 aliphatic rings. The largest absolute Gasteiger partial charge is 0.378 e. The van der Waals surface area contributed by atoms with E-state index in [0.29, 0.717) is 38.9 Å². The number of carbonyl (C=O) groups excluding carboxylic acids is 2. The average Bonchev–Trinajstić information content (AvgIpc) is 2.65. The number of carbonyl (C=O) groups is 2. The normalized spacial score (nSPS) is 23.2. The number of hydrogen-bond donors (Lipinski definition) is 2. The summed E-state index contributed by atoms with van der Waals surface area (Å²) in [5.74, 6) is 0.199. The number of halogens is 1. The summed E-state index contributed by atoms with van der Waals surface area (Å²) in [7, 11) is 0. The molecule has 3 fully saturated rings. The van der Waals surface area contributed by atoms with Gasteiger partial charge in [0, 0.05) is 38.3 Å². The van der Waals surface area contributed by atoms with E-state index in [1.165, 1.54) is 19.3 Å². The van der Waals surface area contributed by atoms with Gasteiger partial charge < -0.3 is 20.3 Å². The Kier molecular flexibility index (Phi) is 8.95. The van der Waals surface area contributed by atoms with Gasteiger partial charge in [-0.1, -0.05) is 19.3 Å². The lowest BCUT2D eigenvalue weighted by Crippen LogP contribution is -2.52. The van der Waals surface area contributed by atoms with Crippen LogP contribution in [0.1, 0.15) is 44.9 Å². The number of nitrogens with one attached hydrogen (secondary N) is 2. The van der Waals surface area contributed by atoms with Gasteiger partial charge in [-0.3, -0.25) is 9.69 Å². The molecule has 26 heavy (non-hydrogen) atoms. The predicted molar refractivity (Wildman–Crippen MR) is 103 cm³/mol. The Morgan fingerprint density at radius 3 is 2.04 bits per heavy atom. The standard InChI is InChI=1S/C18H32N4O3.ClH/c23-17(22-10-12-25-13-11-22)14-21-8-6-16(7-9-21)20-18(24)19-15-4-2-1-3-5-15;/h15-16H,1-14H2,(H2,19,20,24);1H. The molecule has 0 aromatic heterocycles. The first-order valence-corrected chi connectivity index (χ1v) is 9.85. The van der Waals surface area contributed by atoms with Crippen molar-refractivity contribution in [2.24, 2.45) is 0 Å². The third-order valence-electron chi connectivity index (χ3n) is 5.59. The van der Waals surface area contributed by atoms with E-state index < -0.39 is 0 Å². The van der Waals surface area contributed by atoms with Gasteiger partial charge >= 0.3 is 6.03 Å². The molecule has 7 nitrogen and oxygen atoms in total. The van der Waals surface area contributed by atoms with Crippen LogP contribution in [-0.2, 0) is 9.53 Å². The van der Waals surface area contributed by atoms with Crippen LogP contribution >= 0.6 is 12.4 Å². The van der Waals surface area contributed by atoms with Crippen molar-refractivity contribution in [3.05, 3.63) is 0 Å². The van der Waals surface area contributed by atoms with Crippen LogP contribution in [0.4, 0.5) is 4.79 Å². The molecule has 0 atom stereocenters. The molecule has 2 heterocycles. The Hall–Kier alpha value is -1.05. The maximum atomic E-state index is 12.3. The summed E-state index contributed by atoms with van der Waals surface area (Å²) in [5, 5.41) is 6.23. The van der Waals surface area contributed by atoms with Gasteiger partial charge in [0.15, 0.2) is 0 Å². The second-order valence-electron chi connectivity index (χ2n) is 7.50. The molecule has 0 bridgehead atoms. The Morgan fingerprint density at radius 2 is 1.42 bits per heavy atom. The first-order chi connectivity index (χ1) is 12.2. The fraction of sp³-hybridized carbons (Fsp3) is 0.889. The van der Waals surface area contributed by atoms with Gasteiger partial charge in [0.05, 0.1) is 19.8 Å². The highest BCUT2D eigenvalue weighted by Gasteiger charge is 2.25. The van der Waals surface area contributed by atoms with Gasteiger partial charge in [0.2, 0.25) is 5.91 Å². The molecule has 0 aromatic carbocycles. The van der Waals surface area contributed by atoms with Crippen LogP contribution in [0.3, 0.4) is 0 Å². The zero-order valence-corrected chi connectivity index (χ0v) is 16.4. The van der Waals surface area contributed by atoms with Crippen molar-refractivity contribution < 1.29 is 14.3 Å². The van der Waals surface area contributed by atoms with Crippen LogP contribution in [0, 0.1) is 0 Å². The Balaban J connectivity index is 0.00000243. The van der Waals surface area contributed by atoms with Crippen molar-refractivity contribution in [1.82, 2.24) is 20.4 Å². The van der Waals surface area contributed by atoms with E-state index in [9.17, 15) is 9.59 Å². The zero-order valence-electron chi connectivity index (χ0n) is 15.6. The first-order valence-electron chi connectivity index (χ1n) is 9.85. The number of likely N-dealkylation sites (tertiary alicyclic amines) is 1. The Bertz CT molecular complexity index is 446. The highest BCUT2D eigenvalue weighted by molar-refractivity contribution is 5.85. The molecule has 0 aromatic rings. The van der Waals surface area contributed by atoms with Crippen LogP contribution in [0.15, 0.2) is 0 Å². The molecule has 2 aliphatic heterocycles. The fourth-order valence-corrected chi connectivity index (χ4v) is 4.00. The molecule has 1 aliphatic carbocycles. The van der Waals surface area contributed by atoms with Gasteiger partial charge in [-0.25, -0.2) is 4.79 Å². The van der Waals surface area contributed by atoms with E-state index >= 15 is 0 Å². The van der Waals surface area contributed by atoms with Crippen molar-refractivity contribution >= 4 is 24.3 Å². The number of piperidine rings is 1. The van der Waals surface area contributed by atoms with Gasteiger partial charge in [0.25, 0.3) is 0 Å². The molecular formula is C18H33ClN4O3. The Labute approximate surface area is 162 Å². The number of morpholine rings is 1. The van der Waals surface area contributed by atoms with Crippen molar-refractivity contribution in [2.45, 2.75) is 57.0 Å². The van der Waals surface area contributed by atoms with Gasteiger partial charge in [-0.15, -0.1) is 12.4 Å². The quantitative estimate of drug-likeness (QED) is 0.762. The monoisotopic (exact) mass is 388 g/mol. The second-order valence-corrected chi connectivity index (χ2v) is 7.50. The van der Waals surface area contributed by atoms with Crippen LogP contribution < -0.4 is 10.6 Å². The second kappa shape index (κ2) is 10.9. The van der Waals surface area contributed by atoms with Crippen LogP contribution in [0.25, 0.3) is 0 Å². The molecule has 150 valence electrons. The molecule has 8 heteroatoms. The molecule has 0 radical (unpaired) electrons. The number of rotatable bonds is 4. The Morgan fingerprint density at radius 1 is 0.846 bits per heavy atom. The summed E-state index contributed by atoms with van der Waals surface area (Å²) in [4.78, 5) is 28.5. The van der Waals surface area contributed by atoms with E-state index in [1.54, 1.807) is 0 Å². The summed E-state index contributed by atoms with van der Waals surface area (Å²) in [5.41, 5.74) is 0. The fourth-order valence-electron chi connectivity index (χ4n) is 4.00. The van der Waals surface area contributed by atoms with E-state index in [1.807, 2.05) is 4.90 Å². The van der Waals surface area contributed by atoms with Crippen molar-refractivity contribution in [2.75, 3.05) is 45.9 Å². The number of hydrogen-bond acceptors (Lipinski definition) is 4. The third-order valence-corrected chi connectivity index (χ3v) is 5.59. The maximum Gasteiger partial charge on any atom is 0.315 e. The summed E-state index contributed by atoms with van der Waals surface area (Å²) in [6.07, 6.45) is 7.77. The average molecular weight is 389 g/mol. The molecule has 0 spiro atoms. The SMILES string of the molecule is Cl.O=C(NC1CCCCC1)NC1CCN(CC(=O)N2CCOCC2)CC1. The van der Waals surface area contributed by atoms with E-state index in [2.05, 4.69) is 15.5 Å². The van der Waals surface area contributed by atoms with E-state index in [4.69, 9.17) is 4.74 Å². The number of amides is 3. The summed E-state index contributed by atoms with van der Waals surface area (Å²) >= 11 is 0. The molecule has 1 saturated carbocycles. The summed E-state index contributed by atoms with van der Waals surface area (Å²) in [6, 6.07) is 0.549. The van der Waals surface area contributed by atoms with Crippen LogP contribution in [0.5, 0.6) is 0 Å². The minimum absolute atomic E-state index is 0. The predicted octanol–water partition coefficient (Wildman–Crippen LogP) is 1.36. The van der Waals surface area contributed by atoms with Gasteiger partial charge in [-0.05, 0) is 25.7 Å². The minimum Gasteiger partial charge on any atom is -0.378 e. The van der Waals surface area contributed by atoms with Crippen molar-refractivity contribution in [3.63, 3.8) is 0 Å². The number of nitrogens with zero attached hydrogens (tertiary/aromatic N) is 2. The molecule has 0 unspecified atom stereocenters. The van der Waals surface area contributed by atoms with Crippen LogP contribution in [-0.4, -0.2) is 79.8 Å². The summed E-state index contributed by atoms with van der Waals surface area (Å²) < 4.78 is 5.29. The molecule has 2 saturated heterocycles. The smallest absolute Gasteiger partial charge is 0.315 e. The lowest BCUT2D eigenvalue weighted by atomic mass is 9.96. The van der Waals surface area contributed by atoms with Crippen LogP contribution in [0.2, 0.25) is 0 Å². The summed E-state index contributed by atoms with van der Waals surface area (Å²) in [6.45, 7) is 4.92.